The van der Waals surface area contributed by atoms with E-state index in [0.29, 0.717) is 11.4 Å². The van der Waals surface area contributed by atoms with Crippen molar-refractivity contribution in [2.24, 2.45) is 0 Å². The summed E-state index contributed by atoms with van der Waals surface area (Å²) in [6.45, 7) is 6.05. The van der Waals surface area contributed by atoms with E-state index in [0.717, 1.165) is 62.4 Å². The lowest BCUT2D eigenvalue weighted by Crippen LogP contribution is -2.48. The molecule has 2 aromatic rings. The molecular weight excluding hydrogens is 386 g/mol. The number of piperazine rings is 1. The Balaban J connectivity index is 1.37. The van der Waals surface area contributed by atoms with Crippen molar-refractivity contribution in [1.82, 2.24) is 9.80 Å². The second kappa shape index (κ2) is 10.4. The Morgan fingerprint density at radius 3 is 2.31 bits per heavy atom. The summed E-state index contributed by atoms with van der Waals surface area (Å²) in [7, 11) is 0. The lowest BCUT2D eigenvalue weighted by molar-refractivity contribution is -0.130. The molecule has 3 rings (SSSR count). The average Bonchev–Trinajstić information content (AvgIpc) is 2.73. The first-order valence-corrected chi connectivity index (χ1v) is 10.5. The molecule has 0 aliphatic carbocycles. The second-order valence-electron chi connectivity index (χ2n) is 7.41. The van der Waals surface area contributed by atoms with Gasteiger partial charge in [-0.1, -0.05) is 41.9 Å². The molecule has 0 radical (unpaired) electrons. The van der Waals surface area contributed by atoms with E-state index in [4.69, 9.17) is 11.6 Å². The lowest BCUT2D eigenvalue weighted by atomic mass is 10.1. The van der Waals surface area contributed by atoms with Gasteiger partial charge in [0.1, 0.15) is 0 Å². The van der Waals surface area contributed by atoms with Gasteiger partial charge in [0.15, 0.2) is 0 Å². The van der Waals surface area contributed by atoms with Gasteiger partial charge in [-0.05, 0) is 43.1 Å². The van der Waals surface area contributed by atoms with Gasteiger partial charge in [0, 0.05) is 55.8 Å². The van der Waals surface area contributed by atoms with E-state index in [-0.39, 0.29) is 11.8 Å². The van der Waals surface area contributed by atoms with Crippen LogP contribution in [0.1, 0.15) is 26.2 Å². The van der Waals surface area contributed by atoms with Crippen molar-refractivity contribution in [3.8, 4) is 11.1 Å². The van der Waals surface area contributed by atoms with Crippen LogP contribution in [0, 0.1) is 0 Å². The van der Waals surface area contributed by atoms with Gasteiger partial charge in [-0.2, -0.15) is 0 Å². The van der Waals surface area contributed by atoms with E-state index in [2.05, 4.69) is 10.2 Å². The van der Waals surface area contributed by atoms with Crippen molar-refractivity contribution >= 4 is 29.1 Å². The highest BCUT2D eigenvalue weighted by atomic mass is 35.5. The molecule has 0 unspecified atom stereocenters. The summed E-state index contributed by atoms with van der Waals surface area (Å²) in [5.74, 6) is 0.193. The molecule has 1 aliphatic heterocycles. The number of hydrogen-bond acceptors (Lipinski definition) is 3. The number of hydrogen-bond donors (Lipinski definition) is 1. The Morgan fingerprint density at radius 1 is 0.966 bits per heavy atom. The molecule has 0 aromatic heterocycles. The monoisotopic (exact) mass is 413 g/mol. The molecule has 0 saturated carbocycles. The molecular formula is C23H28ClN3O2. The summed E-state index contributed by atoms with van der Waals surface area (Å²) < 4.78 is 0. The molecule has 0 bridgehead atoms. The third-order valence-corrected chi connectivity index (χ3v) is 5.63. The fourth-order valence-electron chi connectivity index (χ4n) is 3.56. The predicted octanol–water partition coefficient (Wildman–Crippen LogP) is 4.28. The van der Waals surface area contributed by atoms with Gasteiger partial charge < -0.3 is 10.2 Å². The smallest absolute Gasteiger partial charge is 0.224 e. The van der Waals surface area contributed by atoms with Gasteiger partial charge in [0.2, 0.25) is 11.8 Å². The van der Waals surface area contributed by atoms with Crippen molar-refractivity contribution in [2.45, 2.75) is 26.2 Å². The summed E-state index contributed by atoms with van der Waals surface area (Å²) in [5, 5.41) is 3.68. The molecule has 154 valence electrons. The molecule has 1 saturated heterocycles. The van der Waals surface area contributed by atoms with E-state index in [1.165, 1.54) is 0 Å². The molecule has 1 heterocycles. The van der Waals surface area contributed by atoms with Gasteiger partial charge in [-0.3, -0.25) is 14.5 Å². The molecule has 29 heavy (non-hydrogen) atoms. The third kappa shape index (κ3) is 6.31. The number of carbonyl (C=O) groups excluding carboxylic acids is 2. The number of nitrogens with zero attached hydrogens (tertiary/aromatic N) is 2. The Kier molecular flexibility index (Phi) is 7.67. The molecule has 2 aromatic carbocycles. The van der Waals surface area contributed by atoms with Crippen LogP contribution in [-0.2, 0) is 9.59 Å². The second-order valence-corrected chi connectivity index (χ2v) is 7.82. The minimum atomic E-state index is 0.0388. The SMILES string of the molecule is CC(=O)N1CCN(CCCCC(=O)Nc2ccc(-c3ccccc3Cl)cc2)CC1. The highest BCUT2D eigenvalue weighted by Crippen LogP contribution is 2.28. The number of rotatable bonds is 7. The highest BCUT2D eigenvalue weighted by molar-refractivity contribution is 6.33. The van der Waals surface area contributed by atoms with Crippen LogP contribution in [0.2, 0.25) is 5.02 Å². The van der Waals surface area contributed by atoms with Crippen LogP contribution in [0.3, 0.4) is 0 Å². The third-order valence-electron chi connectivity index (χ3n) is 5.30. The average molecular weight is 414 g/mol. The van der Waals surface area contributed by atoms with E-state index < -0.39 is 0 Å². The van der Waals surface area contributed by atoms with Crippen molar-refractivity contribution in [2.75, 3.05) is 38.0 Å². The predicted molar refractivity (Wildman–Crippen MR) is 118 cm³/mol. The molecule has 0 spiro atoms. The molecule has 1 aliphatic rings. The van der Waals surface area contributed by atoms with Crippen LogP contribution < -0.4 is 5.32 Å². The Bertz CT molecular complexity index is 830. The van der Waals surface area contributed by atoms with Crippen molar-refractivity contribution < 1.29 is 9.59 Å². The minimum absolute atomic E-state index is 0.0388. The zero-order chi connectivity index (χ0) is 20.6. The van der Waals surface area contributed by atoms with Gasteiger partial charge in [0.25, 0.3) is 0 Å². The molecule has 5 nitrogen and oxygen atoms in total. The Morgan fingerprint density at radius 2 is 1.66 bits per heavy atom. The number of nitrogens with one attached hydrogen (secondary N) is 1. The number of amides is 2. The maximum atomic E-state index is 12.2. The van der Waals surface area contributed by atoms with Crippen LogP contribution >= 0.6 is 11.6 Å². The van der Waals surface area contributed by atoms with E-state index in [1.807, 2.05) is 53.4 Å². The summed E-state index contributed by atoms with van der Waals surface area (Å²) in [4.78, 5) is 27.8. The summed E-state index contributed by atoms with van der Waals surface area (Å²) >= 11 is 6.24. The highest BCUT2D eigenvalue weighted by Gasteiger charge is 2.17. The number of unbranched alkanes of at least 4 members (excludes halogenated alkanes) is 1. The zero-order valence-corrected chi connectivity index (χ0v) is 17.6. The summed E-state index contributed by atoms with van der Waals surface area (Å²) in [6, 6.07) is 15.5. The maximum Gasteiger partial charge on any atom is 0.224 e. The molecule has 6 heteroatoms. The van der Waals surface area contributed by atoms with Crippen molar-refractivity contribution in [3.05, 3.63) is 53.6 Å². The van der Waals surface area contributed by atoms with Gasteiger partial charge >= 0.3 is 0 Å². The number of halogens is 1. The van der Waals surface area contributed by atoms with Crippen LogP contribution in [0.15, 0.2) is 48.5 Å². The molecule has 0 atom stereocenters. The zero-order valence-electron chi connectivity index (χ0n) is 16.9. The maximum absolute atomic E-state index is 12.2. The first-order valence-electron chi connectivity index (χ1n) is 10.2. The number of benzene rings is 2. The molecule has 1 fully saturated rings. The van der Waals surface area contributed by atoms with Crippen molar-refractivity contribution in [1.29, 1.82) is 0 Å². The normalized spacial score (nSPS) is 14.6. The quantitative estimate of drug-likeness (QED) is 0.689. The van der Waals surface area contributed by atoms with Gasteiger partial charge in [-0.25, -0.2) is 0 Å². The van der Waals surface area contributed by atoms with Crippen LogP contribution in [0.4, 0.5) is 5.69 Å². The minimum Gasteiger partial charge on any atom is -0.340 e. The lowest BCUT2D eigenvalue weighted by Gasteiger charge is -2.34. The van der Waals surface area contributed by atoms with Crippen LogP contribution in [0.5, 0.6) is 0 Å². The standard InChI is InChI=1S/C23H28ClN3O2/c1-18(28)27-16-14-26(15-17-27)13-5-4-8-23(29)25-20-11-9-19(10-12-20)21-6-2-3-7-22(21)24/h2-3,6-7,9-12H,4-5,8,13-17H2,1H3,(H,25,29). The number of anilines is 1. The molecule has 1 N–H and O–H groups in total. The van der Waals surface area contributed by atoms with E-state index >= 15 is 0 Å². The Hall–Kier alpha value is -2.37. The first-order chi connectivity index (χ1) is 14.0. The first kappa shape index (κ1) is 21.3. The molecule has 2 amide bonds. The van der Waals surface area contributed by atoms with E-state index in [1.54, 1.807) is 6.92 Å². The Labute approximate surface area is 177 Å². The van der Waals surface area contributed by atoms with E-state index in [9.17, 15) is 9.59 Å². The summed E-state index contributed by atoms with van der Waals surface area (Å²) in [6.07, 6.45) is 2.36. The largest absolute Gasteiger partial charge is 0.340 e. The summed E-state index contributed by atoms with van der Waals surface area (Å²) in [5.41, 5.74) is 2.81. The topological polar surface area (TPSA) is 52.7 Å². The van der Waals surface area contributed by atoms with Crippen LogP contribution in [-0.4, -0.2) is 54.3 Å². The number of carbonyl (C=O) groups is 2. The van der Waals surface area contributed by atoms with Crippen LogP contribution in [0.25, 0.3) is 11.1 Å². The van der Waals surface area contributed by atoms with Crippen molar-refractivity contribution in [3.63, 3.8) is 0 Å². The van der Waals surface area contributed by atoms with Gasteiger partial charge in [-0.15, -0.1) is 0 Å². The fraction of sp³-hybridized carbons (Fsp3) is 0.391. The van der Waals surface area contributed by atoms with Gasteiger partial charge in [0.05, 0.1) is 0 Å². The fourth-order valence-corrected chi connectivity index (χ4v) is 3.80.